The first kappa shape index (κ1) is 27.8. The Labute approximate surface area is 241 Å². The highest BCUT2D eigenvalue weighted by atomic mass is 35.5. The van der Waals surface area contributed by atoms with E-state index in [9.17, 15) is 4.79 Å². The van der Waals surface area contributed by atoms with Crippen LogP contribution in [0.5, 0.6) is 11.5 Å². The van der Waals surface area contributed by atoms with Gasteiger partial charge in [0.05, 0.1) is 16.0 Å². The first-order chi connectivity index (χ1) is 18.8. The molecule has 2 aliphatic rings. The molecule has 39 heavy (non-hydrogen) atoms. The molecule has 0 bridgehead atoms. The van der Waals surface area contributed by atoms with Crippen molar-refractivity contribution in [2.45, 2.75) is 52.1 Å². The van der Waals surface area contributed by atoms with Crippen LogP contribution in [0, 0.1) is 26.7 Å². The maximum atomic E-state index is 13.9. The molecule has 1 aliphatic heterocycles. The van der Waals surface area contributed by atoms with Crippen LogP contribution in [0.4, 0.5) is 0 Å². The molecule has 206 valence electrons. The first-order valence-electron chi connectivity index (χ1n) is 13.7. The van der Waals surface area contributed by atoms with Crippen LogP contribution < -0.4 is 14.8 Å². The Morgan fingerprint density at radius 3 is 2.33 bits per heavy atom. The summed E-state index contributed by atoms with van der Waals surface area (Å²) in [6, 6.07) is 18.5. The predicted molar refractivity (Wildman–Crippen MR) is 157 cm³/mol. The largest absolute Gasteiger partial charge is 0.490 e. The second-order valence-corrected chi connectivity index (χ2v) is 11.6. The molecule has 3 aromatic rings. The molecule has 0 spiro atoms. The number of hydrogen-bond donors (Lipinski definition) is 1. The van der Waals surface area contributed by atoms with Gasteiger partial charge in [0.15, 0.2) is 5.75 Å². The number of carbonyl (C=O) groups excluding carboxylic acids is 1. The van der Waals surface area contributed by atoms with E-state index in [0.717, 1.165) is 36.3 Å². The highest BCUT2D eigenvalue weighted by Crippen LogP contribution is 2.36. The van der Waals surface area contributed by atoms with Crippen molar-refractivity contribution in [3.63, 3.8) is 0 Å². The summed E-state index contributed by atoms with van der Waals surface area (Å²) in [6.45, 7) is 9.10. The average molecular weight is 568 g/mol. The Morgan fingerprint density at radius 1 is 0.949 bits per heavy atom. The Bertz CT molecular complexity index is 1300. The van der Waals surface area contributed by atoms with Crippen molar-refractivity contribution >= 4 is 29.1 Å². The van der Waals surface area contributed by atoms with Crippen molar-refractivity contribution in [2.24, 2.45) is 5.92 Å². The molecule has 1 aliphatic carbocycles. The minimum Gasteiger partial charge on any atom is -0.490 e. The maximum Gasteiger partial charge on any atom is 0.228 e. The molecule has 5 rings (SSSR count). The van der Waals surface area contributed by atoms with Gasteiger partial charge in [-0.15, -0.1) is 0 Å². The highest BCUT2D eigenvalue weighted by molar-refractivity contribution is 6.37. The van der Waals surface area contributed by atoms with Crippen LogP contribution in [0.3, 0.4) is 0 Å². The van der Waals surface area contributed by atoms with E-state index in [-0.39, 0.29) is 17.7 Å². The van der Waals surface area contributed by atoms with Crippen molar-refractivity contribution in [1.29, 1.82) is 0 Å². The van der Waals surface area contributed by atoms with E-state index in [2.05, 4.69) is 54.4 Å². The summed E-state index contributed by atoms with van der Waals surface area (Å²) in [5.41, 5.74) is 5.94. The number of rotatable bonds is 10. The van der Waals surface area contributed by atoms with E-state index >= 15 is 0 Å². The van der Waals surface area contributed by atoms with E-state index in [1.54, 1.807) is 0 Å². The van der Waals surface area contributed by atoms with Crippen molar-refractivity contribution in [3.05, 3.63) is 92.5 Å². The lowest BCUT2D eigenvalue weighted by Crippen LogP contribution is -2.40. The van der Waals surface area contributed by atoms with Crippen LogP contribution in [0.15, 0.2) is 54.6 Å². The molecule has 3 aromatic carbocycles. The van der Waals surface area contributed by atoms with E-state index < -0.39 is 0 Å². The number of nitrogens with zero attached hydrogens (tertiary/aromatic N) is 1. The van der Waals surface area contributed by atoms with Crippen LogP contribution in [0.2, 0.25) is 10.0 Å². The number of halogens is 2. The number of nitrogens with one attached hydrogen (secondary N) is 1. The molecule has 5 nitrogen and oxygen atoms in total. The van der Waals surface area contributed by atoms with Crippen molar-refractivity contribution in [1.82, 2.24) is 10.2 Å². The third kappa shape index (κ3) is 6.54. The SMILES string of the molecule is Cc1cc(Cl)c(OCCOc2ccc([C@H]3CNC[C@@H]3C(=O)N(Cc3cccc(C)c3C)C3CC3)cc2)c(Cl)c1. The zero-order valence-corrected chi connectivity index (χ0v) is 24.3. The van der Waals surface area contributed by atoms with Gasteiger partial charge in [-0.05, 0) is 85.7 Å². The lowest BCUT2D eigenvalue weighted by atomic mass is 9.87. The molecule has 1 heterocycles. The molecule has 2 atom stereocenters. The molecule has 0 unspecified atom stereocenters. The summed E-state index contributed by atoms with van der Waals surface area (Å²) in [4.78, 5) is 16.0. The Morgan fingerprint density at radius 2 is 1.64 bits per heavy atom. The lowest BCUT2D eigenvalue weighted by molar-refractivity contribution is -0.136. The second-order valence-electron chi connectivity index (χ2n) is 10.8. The third-order valence-electron chi connectivity index (χ3n) is 7.91. The normalized spacial score (nSPS) is 18.7. The second kappa shape index (κ2) is 12.2. The Kier molecular flexibility index (Phi) is 8.70. The number of ether oxygens (including phenoxy) is 2. The van der Waals surface area contributed by atoms with Crippen LogP contribution in [-0.2, 0) is 11.3 Å². The third-order valence-corrected chi connectivity index (χ3v) is 8.47. The molecule has 1 saturated carbocycles. The maximum absolute atomic E-state index is 13.9. The van der Waals surface area contributed by atoms with Crippen molar-refractivity contribution in [2.75, 3.05) is 26.3 Å². The molecule has 1 amide bonds. The van der Waals surface area contributed by atoms with Gasteiger partial charge in [-0.3, -0.25) is 4.79 Å². The summed E-state index contributed by atoms with van der Waals surface area (Å²) >= 11 is 12.5. The van der Waals surface area contributed by atoms with Crippen molar-refractivity contribution in [3.8, 4) is 11.5 Å². The van der Waals surface area contributed by atoms with Crippen molar-refractivity contribution < 1.29 is 14.3 Å². The molecule has 0 aromatic heterocycles. The van der Waals surface area contributed by atoms with Crippen LogP contribution in [-0.4, -0.2) is 43.2 Å². The molecule has 7 heteroatoms. The van der Waals surface area contributed by atoms with Gasteiger partial charge < -0.3 is 19.7 Å². The number of amides is 1. The van der Waals surface area contributed by atoms with E-state index in [1.807, 2.05) is 31.2 Å². The van der Waals surface area contributed by atoms with Gasteiger partial charge in [-0.25, -0.2) is 0 Å². The molecule has 1 saturated heterocycles. The fourth-order valence-corrected chi connectivity index (χ4v) is 6.09. The van der Waals surface area contributed by atoms with Gasteiger partial charge >= 0.3 is 0 Å². The molecule has 1 N–H and O–H groups in total. The van der Waals surface area contributed by atoms with E-state index in [0.29, 0.717) is 48.1 Å². The zero-order chi connectivity index (χ0) is 27.5. The smallest absolute Gasteiger partial charge is 0.228 e. The fraction of sp³-hybridized carbons (Fsp3) is 0.406. The van der Waals surface area contributed by atoms with Gasteiger partial charge in [-0.1, -0.05) is 53.5 Å². The average Bonchev–Trinajstić information content (AvgIpc) is 3.63. The van der Waals surface area contributed by atoms with Gasteiger partial charge in [0, 0.05) is 31.6 Å². The van der Waals surface area contributed by atoms with E-state index in [1.165, 1.54) is 16.7 Å². The summed E-state index contributed by atoms with van der Waals surface area (Å²) in [5.74, 6) is 1.57. The van der Waals surface area contributed by atoms with Crippen LogP contribution >= 0.6 is 23.2 Å². The summed E-state index contributed by atoms with van der Waals surface area (Å²) in [7, 11) is 0. The molecule has 2 fully saturated rings. The highest BCUT2D eigenvalue weighted by Gasteiger charge is 2.41. The summed E-state index contributed by atoms with van der Waals surface area (Å²) in [6.07, 6.45) is 2.19. The minimum absolute atomic E-state index is 0.0695. The number of benzene rings is 3. The minimum atomic E-state index is -0.0695. The molecular weight excluding hydrogens is 531 g/mol. The monoisotopic (exact) mass is 566 g/mol. The molecule has 0 radical (unpaired) electrons. The van der Waals surface area contributed by atoms with Crippen LogP contribution in [0.25, 0.3) is 0 Å². The Balaban J connectivity index is 1.19. The van der Waals surface area contributed by atoms with Gasteiger partial charge in [-0.2, -0.15) is 0 Å². The fourth-order valence-electron chi connectivity index (χ4n) is 5.38. The summed E-state index contributed by atoms with van der Waals surface area (Å²) in [5, 5.41) is 4.45. The number of aryl methyl sites for hydroxylation is 2. The van der Waals surface area contributed by atoms with Gasteiger partial charge in [0.1, 0.15) is 19.0 Å². The number of carbonyl (C=O) groups is 1. The van der Waals surface area contributed by atoms with Crippen LogP contribution in [0.1, 0.15) is 46.6 Å². The zero-order valence-electron chi connectivity index (χ0n) is 22.8. The Hall–Kier alpha value is -2.73. The van der Waals surface area contributed by atoms with Gasteiger partial charge in [0.25, 0.3) is 0 Å². The summed E-state index contributed by atoms with van der Waals surface area (Å²) < 4.78 is 11.6. The quantitative estimate of drug-likeness (QED) is 0.272. The van der Waals surface area contributed by atoms with Gasteiger partial charge in [0.2, 0.25) is 5.91 Å². The predicted octanol–water partition coefficient (Wildman–Crippen LogP) is 6.87. The standard InChI is InChI=1S/C32H36Cl2N2O3/c1-20-15-29(33)31(30(34)16-20)39-14-13-38-26-11-7-23(8-12-26)27-17-35-18-28(27)32(37)36(25-9-10-25)19-24-6-4-5-21(2)22(24)3/h4-8,11-12,15-16,25,27-28,35H,9-10,13-14,17-19H2,1-3H3/t27-,28+/m1/s1. The topological polar surface area (TPSA) is 50.8 Å². The number of hydrogen-bond acceptors (Lipinski definition) is 4. The van der Waals surface area contributed by atoms with E-state index in [4.69, 9.17) is 32.7 Å². The molecular formula is C32H36Cl2N2O3. The first-order valence-corrected chi connectivity index (χ1v) is 14.4. The lowest BCUT2D eigenvalue weighted by Gasteiger charge is -2.29.